The van der Waals surface area contributed by atoms with Crippen LogP contribution in [0, 0.1) is 0 Å². The van der Waals surface area contributed by atoms with Crippen LogP contribution in [0.3, 0.4) is 0 Å². The smallest absolute Gasteiger partial charge is 0.254 e. The normalized spacial score (nSPS) is 16.1. The average molecular weight is 466 g/mol. The number of hydrogen-bond donors (Lipinski definition) is 1. The monoisotopic (exact) mass is 464 g/mol. The van der Waals surface area contributed by atoms with Crippen LogP contribution in [0.25, 0.3) is 10.9 Å². The minimum Gasteiger partial charge on any atom is -0.356 e. The Bertz CT molecular complexity index is 1220. The van der Waals surface area contributed by atoms with Gasteiger partial charge in [0.05, 0.1) is 6.04 Å². The van der Waals surface area contributed by atoms with Gasteiger partial charge in [-0.2, -0.15) is 0 Å². The highest BCUT2D eigenvalue weighted by atomic mass is 79.9. The second kappa shape index (κ2) is 7.36. The zero-order valence-corrected chi connectivity index (χ0v) is 17.9. The lowest BCUT2D eigenvalue weighted by molar-refractivity contribution is 0.0692. The Morgan fingerprint density at radius 1 is 1.03 bits per heavy atom. The van der Waals surface area contributed by atoms with Gasteiger partial charge in [-0.05, 0) is 53.9 Å². The molecule has 3 nitrogen and oxygen atoms in total. The number of amides is 1. The van der Waals surface area contributed by atoms with Crippen LogP contribution < -0.4 is 0 Å². The Kier molecular flexibility index (Phi) is 4.69. The largest absolute Gasteiger partial charge is 0.356 e. The summed E-state index contributed by atoms with van der Waals surface area (Å²) in [6.07, 6.45) is 0.823. The summed E-state index contributed by atoms with van der Waals surface area (Å²) in [4.78, 5) is 19.0. The van der Waals surface area contributed by atoms with Crippen LogP contribution in [0.4, 0.5) is 0 Å². The molecule has 5 heteroatoms. The maximum Gasteiger partial charge on any atom is 0.254 e. The van der Waals surface area contributed by atoms with Gasteiger partial charge in [0.1, 0.15) is 0 Å². The predicted octanol–water partition coefficient (Wildman–Crippen LogP) is 6.37. The quantitative estimate of drug-likeness (QED) is 0.367. The van der Waals surface area contributed by atoms with Crippen molar-refractivity contribution in [1.29, 1.82) is 0 Å². The van der Waals surface area contributed by atoms with Crippen molar-refractivity contribution in [3.63, 3.8) is 0 Å². The van der Waals surface area contributed by atoms with Gasteiger partial charge < -0.3 is 9.88 Å². The van der Waals surface area contributed by atoms with E-state index in [0.29, 0.717) is 17.1 Å². The number of aromatic nitrogens is 1. The summed E-state index contributed by atoms with van der Waals surface area (Å²) >= 11 is 9.61. The zero-order chi connectivity index (χ0) is 20.0. The van der Waals surface area contributed by atoms with E-state index in [1.165, 1.54) is 10.9 Å². The summed E-state index contributed by atoms with van der Waals surface area (Å²) in [6, 6.07) is 23.5. The van der Waals surface area contributed by atoms with Crippen molar-refractivity contribution in [3.05, 3.63) is 105 Å². The van der Waals surface area contributed by atoms with Crippen molar-refractivity contribution in [3.8, 4) is 0 Å². The molecule has 0 spiro atoms. The highest BCUT2D eigenvalue weighted by molar-refractivity contribution is 9.10. The van der Waals surface area contributed by atoms with Gasteiger partial charge in [-0.25, -0.2) is 0 Å². The second-order valence-electron chi connectivity index (χ2n) is 7.28. The van der Waals surface area contributed by atoms with Crippen molar-refractivity contribution in [2.45, 2.75) is 12.5 Å². The fourth-order valence-corrected chi connectivity index (χ4v) is 4.76. The lowest BCUT2D eigenvalue weighted by atomic mass is 9.91. The highest BCUT2D eigenvalue weighted by Crippen LogP contribution is 2.39. The van der Waals surface area contributed by atoms with E-state index >= 15 is 0 Å². The summed E-state index contributed by atoms with van der Waals surface area (Å²) in [5.41, 5.74) is 5.21. The topological polar surface area (TPSA) is 36.1 Å². The van der Waals surface area contributed by atoms with Crippen LogP contribution in [0.2, 0.25) is 5.02 Å². The van der Waals surface area contributed by atoms with Gasteiger partial charge in [0.25, 0.3) is 5.91 Å². The third-order valence-corrected chi connectivity index (χ3v) is 6.30. The summed E-state index contributed by atoms with van der Waals surface area (Å²) in [5.74, 6) is 0.0237. The van der Waals surface area contributed by atoms with Crippen LogP contribution in [0.1, 0.15) is 33.2 Å². The molecule has 1 N–H and O–H groups in total. The summed E-state index contributed by atoms with van der Waals surface area (Å²) in [7, 11) is 0. The number of para-hydroxylation sites is 1. The van der Waals surface area contributed by atoms with Crippen molar-refractivity contribution >= 4 is 44.3 Å². The zero-order valence-electron chi connectivity index (χ0n) is 15.5. The molecule has 3 aromatic carbocycles. The van der Waals surface area contributed by atoms with Gasteiger partial charge in [0.15, 0.2) is 0 Å². The molecule has 1 aliphatic rings. The Labute approximate surface area is 182 Å². The maximum absolute atomic E-state index is 13.5. The molecule has 4 aromatic rings. The Morgan fingerprint density at radius 2 is 1.83 bits per heavy atom. The van der Waals surface area contributed by atoms with Crippen molar-refractivity contribution in [2.75, 3.05) is 6.54 Å². The molecule has 1 aromatic heterocycles. The van der Waals surface area contributed by atoms with Crippen molar-refractivity contribution in [2.24, 2.45) is 0 Å². The molecule has 1 aliphatic heterocycles. The molecule has 1 atom stereocenters. The van der Waals surface area contributed by atoms with Crippen LogP contribution in [-0.2, 0) is 6.42 Å². The predicted molar refractivity (Wildman–Crippen MR) is 120 cm³/mol. The lowest BCUT2D eigenvalue weighted by Gasteiger charge is -2.36. The van der Waals surface area contributed by atoms with Crippen LogP contribution in [-0.4, -0.2) is 22.3 Å². The van der Waals surface area contributed by atoms with Crippen LogP contribution >= 0.6 is 27.5 Å². The molecule has 5 rings (SSSR count). The molecule has 0 saturated heterocycles. The first kappa shape index (κ1) is 18.5. The standard InChI is InChI=1S/C24H18BrClN2O/c25-17-5-3-4-16(14-17)24(29)28-13-12-20-19-6-1-2-7-21(19)27-22(20)23(28)15-8-10-18(26)11-9-15/h1-11,14,23,27H,12-13H2. The first-order valence-corrected chi connectivity index (χ1v) is 10.7. The molecule has 1 amide bonds. The van der Waals surface area contributed by atoms with Gasteiger partial charge in [0.2, 0.25) is 0 Å². The van der Waals surface area contributed by atoms with E-state index in [9.17, 15) is 4.79 Å². The number of aromatic amines is 1. The van der Waals surface area contributed by atoms with Crippen LogP contribution in [0.15, 0.2) is 77.3 Å². The molecule has 0 aliphatic carbocycles. The Balaban J connectivity index is 1.66. The second-order valence-corrected chi connectivity index (χ2v) is 8.63. The molecule has 0 bridgehead atoms. The number of nitrogens with one attached hydrogen (secondary N) is 1. The molecular weight excluding hydrogens is 448 g/mol. The van der Waals surface area contributed by atoms with Crippen molar-refractivity contribution < 1.29 is 4.79 Å². The molecule has 0 saturated carbocycles. The summed E-state index contributed by atoms with van der Waals surface area (Å²) in [6.45, 7) is 0.660. The summed E-state index contributed by atoms with van der Waals surface area (Å²) in [5, 5.41) is 1.92. The number of carbonyl (C=O) groups is 1. The third kappa shape index (κ3) is 3.26. The molecule has 1 unspecified atom stereocenters. The molecule has 144 valence electrons. The van der Waals surface area contributed by atoms with Gasteiger partial charge in [0, 0.05) is 38.2 Å². The van der Waals surface area contributed by atoms with E-state index in [4.69, 9.17) is 11.6 Å². The van der Waals surface area contributed by atoms with E-state index in [2.05, 4.69) is 39.1 Å². The van der Waals surface area contributed by atoms with Crippen molar-refractivity contribution in [1.82, 2.24) is 9.88 Å². The van der Waals surface area contributed by atoms with Gasteiger partial charge >= 0.3 is 0 Å². The van der Waals surface area contributed by atoms with Gasteiger partial charge in [-0.1, -0.05) is 63.9 Å². The number of nitrogens with zero attached hydrogens (tertiary/aromatic N) is 1. The highest BCUT2D eigenvalue weighted by Gasteiger charge is 2.34. The lowest BCUT2D eigenvalue weighted by Crippen LogP contribution is -2.40. The SMILES string of the molecule is O=C(c1cccc(Br)c1)N1CCc2c([nH]c3ccccc23)C1c1ccc(Cl)cc1. The molecule has 0 radical (unpaired) electrons. The Hall–Kier alpha value is -2.56. The third-order valence-electron chi connectivity index (χ3n) is 5.55. The van der Waals surface area contributed by atoms with E-state index in [-0.39, 0.29) is 11.9 Å². The number of hydrogen-bond acceptors (Lipinski definition) is 1. The van der Waals surface area contributed by atoms with E-state index < -0.39 is 0 Å². The molecule has 0 fully saturated rings. The molecule has 2 heterocycles. The number of carbonyl (C=O) groups excluding carboxylic acids is 1. The van der Waals surface area contributed by atoms with E-state index in [1.54, 1.807) is 0 Å². The average Bonchev–Trinajstić information content (AvgIpc) is 3.12. The Morgan fingerprint density at radius 3 is 2.62 bits per heavy atom. The number of halogens is 2. The first-order chi connectivity index (χ1) is 14.1. The first-order valence-electron chi connectivity index (χ1n) is 9.53. The number of fused-ring (bicyclic) bond motifs is 3. The maximum atomic E-state index is 13.5. The summed E-state index contributed by atoms with van der Waals surface area (Å²) < 4.78 is 0.898. The van der Waals surface area contributed by atoms with Gasteiger partial charge in [-0.15, -0.1) is 0 Å². The van der Waals surface area contributed by atoms with E-state index in [0.717, 1.165) is 27.7 Å². The minimum absolute atomic E-state index is 0.0237. The van der Waals surface area contributed by atoms with Crippen LogP contribution in [0.5, 0.6) is 0 Å². The number of benzene rings is 3. The minimum atomic E-state index is -0.185. The fraction of sp³-hybridized carbons (Fsp3) is 0.125. The number of H-pyrrole nitrogens is 1. The van der Waals surface area contributed by atoms with E-state index in [1.807, 2.05) is 59.5 Å². The molecular formula is C24H18BrClN2O. The number of rotatable bonds is 2. The molecule has 29 heavy (non-hydrogen) atoms. The fourth-order valence-electron chi connectivity index (χ4n) is 4.24. The van der Waals surface area contributed by atoms with Gasteiger partial charge in [-0.3, -0.25) is 4.79 Å².